The van der Waals surface area contributed by atoms with Crippen LogP contribution < -0.4 is 10.9 Å². The first kappa shape index (κ1) is 14.1. The van der Waals surface area contributed by atoms with Gasteiger partial charge in [-0.3, -0.25) is 4.79 Å². The second-order valence-electron chi connectivity index (χ2n) is 4.32. The molecule has 4 nitrogen and oxygen atoms in total. The van der Waals surface area contributed by atoms with Gasteiger partial charge in [-0.25, -0.2) is 4.68 Å². The van der Waals surface area contributed by atoms with Gasteiger partial charge in [0.2, 0.25) is 0 Å². The van der Waals surface area contributed by atoms with Crippen LogP contribution in [0.1, 0.15) is 31.9 Å². The van der Waals surface area contributed by atoms with Crippen LogP contribution in [-0.4, -0.2) is 9.78 Å². The molecule has 0 fully saturated rings. The Kier molecular flexibility index (Phi) is 4.61. The molecule has 0 aliphatic carbocycles. The number of aromatic nitrogens is 2. The zero-order valence-electron chi connectivity index (χ0n) is 10.9. The number of hydrogen-bond acceptors (Lipinski definition) is 4. The second-order valence-corrected chi connectivity index (χ2v) is 5.48. The number of nitrogens with one attached hydrogen (secondary N) is 1. The summed E-state index contributed by atoms with van der Waals surface area (Å²) in [5.74, 6) is 0. The van der Waals surface area contributed by atoms with Gasteiger partial charge >= 0.3 is 0 Å². The average molecular weight is 298 g/mol. The molecular formula is C13H16ClN3OS. The van der Waals surface area contributed by atoms with Gasteiger partial charge in [-0.15, -0.1) is 0 Å². The zero-order valence-corrected chi connectivity index (χ0v) is 12.5. The third-order valence-corrected chi connectivity index (χ3v) is 3.90. The van der Waals surface area contributed by atoms with Gasteiger partial charge in [-0.1, -0.05) is 18.5 Å². The Balaban J connectivity index is 2.22. The van der Waals surface area contributed by atoms with E-state index in [0.717, 1.165) is 6.42 Å². The lowest BCUT2D eigenvalue weighted by molar-refractivity contribution is 0.568. The lowest BCUT2D eigenvalue weighted by Gasteiger charge is -2.15. The van der Waals surface area contributed by atoms with Crippen LogP contribution in [0.2, 0.25) is 5.02 Å². The lowest BCUT2D eigenvalue weighted by Crippen LogP contribution is -2.24. The van der Waals surface area contributed by atoms with Crippen molar-refractivity contribution >= 4 is 28.6 Å². The molecule has 2 heterocycles. The monoisotopic (exact) mass is 297 g/mol. The molecule has 0 amide bonds. The Bertz CT molecular complexity index is 594. The fourth-order valence-electron chi connectivity index (χ4n) is 1.77. The van der Waals surface area contributed by atoms with Crippen LogP contribution >= 0.6 is 22.9 Å². The molecule has 0 aliphatic rings. The van der Waals surface area contributed by atoms with Crippen molar-refractivity contribution in [3.05, 3.63) is 44.0 Å². The zero-order chi connectivity index (χ0) is 13.8. The molecule has 1 unspecified atom stereocenters. The van der Waals surface area contributed by atoms with Crippen LogP contribution in [0.4, 0.5) is 5.69 Å². The van der Waals surface area contributed by atoms with Crippen molar-refractivity contribution in [3.63, 3.8) is 0 Å². The Morgan fingerprint density at radius 3 is 3.00 bits per heavy atom. The molecule has 0 radical (unpaired) electrons. The summed E-state index contributed by atoms with van der Waals surface area (Å²) in [6.45, 7) is 4.60. The van der Waals surface area contributed by atoms with E-state index in [1.165, 1.54) is 10.2 Å². The van der Waals surface area contributed by atoms with Crippen LogP contribution in [0.15, 0.2) is 27.8 Å². The van der Waals surface area contributed by atoms with Gasteiger partial charge in [0.05, 0.1) is 11.9 Å². The highest BCUT2D eigenvalue weighted by Gasteiger charge is 2.12. The molecule has 19 heavy (non-hydrogen) atoms. The van der Waals surface area contributed by atoms with E-state index in [1.54, 1.807) is 17.5 Å². The largest absolute Gasteiger partial charge is 0.376 e. The molecule has 0 aliphatic heterocycles. The maximum Gasteiger partial charge on any atom is 0.287 e. The Morgan fingerprint density at radius 2 is 2.37 bits per heavy atom. The summed E-state index contributed by atoms with van der Waals surface area (Å²) < 4.78 is 1.39. The fourth-order valence-corrected chi connectivity index (χ4v) is 2.73. The highest BCUT2D eigenvalue weighted by molar-refractivity contribution is 7.08. The first-order chi connectivity index (χ1) is 9.13. The number of halogens is 1. The predicted molar refractivity (Wildman–Crippen MR) is 80.2 cm³/mol. The molecule has 0 saturated heterocycles. The van der Waals surface area contributed by atoms with Gasteiger partial charge in [-0.05, 0) is 35.7 Å². The van der Waals surface area contributed by atoms with Gasteiger partial charge in [0.15, 0.2) is 0 Å². The summed E-state index contributed by atoms with van der Waals surface area (Å²) in [4.78, 5) is 12.0. The third kappa shape index (κ3) is 3.16. The number of rotatable bonds is 5. The van der Waals surface area contributed by atoms with Crippen LogP contribution in [0.3, 0.4) is 0 Å². The van der Waals surface area contributed by atoms with E-state index in [4.69, 9.17) is 11.6 Å². The molecule has 0 spiro atoms. The van der Waals surface area contributed by atoms with Crippen molar-refractivity contribution in [2.45, 2.75) is 32.9 Å². The first-order valence-corrected chi connectivity index (χ1v) is 7.49. The summed E-state index contributed by atoms with van der Waals surface area (Å²) in [6.07, 6.45) is 2.46. The lowest BCUT2D eigenvalue weighted by atomic mass is 10.2. The maximum absolute atomic E-state index is 12.0. The second kappa shape index (κ2) is 6.21. The quantitative estimate of drug-likeness (QED) is 0.918. The highest BCUT2D eigenvalue weighted by Crippen LogP contribution is 2.23. The normalized spacial score (nSPS) is 12.4. The standard InChI is InChI=1S/C13H16ClN3OS/c1-3-5-17-13(18)12(14)11(7-15-17)16-9(2)10-4-6-19-8-10/h4,6-9,16H,3,5H2,1-2H3. The molecule has 2 rings (SSSR count). The number of nitrogens with zero attached hydrogens (tertiary/aromatic N) is 2. The summed E-state index contributed by atoms with van der Waals surface area (Å²) in [6, 6.07) is 2.13. The van der Waals surface area contributed by atoms with Gasteiger partial charge < -0.3 is 5.32 Å². The molecule has 1 N–H and O–H groups in total. The molecule has 1 atom stereocenters. The molecule has 102 valence electrons. The first-order valence-electron chi connectivity index (χ1n) is 6.17. The van der Waals surface area contributed by atoms with E-state index in [9.17, 15) is 4.79 Å². The van der Waals surface area contributed by atoms with Gasteiger partial charge in [0, 0.05) is 12.6 Å². The van der Waals surface area contributed by atoms with Crippen molar-refractivity contribution in [1.82, 2.24) is 9.78 Å². The van der Waals surface area contributed by atoms with Crippen LogP contribution in [0, 0.1) is 0 Å². The molecule has 0 bridgehead atoms. The highest BCUT2D eigenvalue weighted by atomic mass is 35.5. The number of anilines is 1. The molecule has 6 heteroatoms. The minimum Gasteiger partial charge on any atom is -0.376 e. The Hall–Kier alpha value is -1.33. The van der Waals surface area contributed by atoms with Crippen LogP contribution in [-0.2, 0) is 6.54 Å². The Labute approximate surface area is 121 Å². The average Bonchev–Trinajstić information content (AvgIpc) is 2.92. The fraction of sp³-hybridized carbons (Fsp3) is 0.385. The van der Waals surface area contributed by atoms with Crippen molar-refractivity contribution in [2.24, 2.45) is 0 Å². The van der Waals surface area contributed by atoms with E-state index < -0.39 is 0 Å². The SMILES string of the molecule is CCCn1ncc(NC(C)c2ccsc2)c(Cl)c1=O. The summed E-state index contributed by atoms with van der Waals surface area (Å²) >= 11 is 7.75. The minimum absolute atomic E-state index is 0.0898. The summed E-state index contributed by atoms with van der Waals surface area (Å²) in [5.41, 5.74) is 1.50. The van der Waals surface area contributed by atoms with E-state index >= 15 is 0 Å². The molecule has 2 aromatic rings. The molecular weight excluding hydrogens is 282 g/mol. The topological polar surface area (TPSA) is 46.9 Å². The van der Waals surface area contributed by atoms with Crippen LogP contribution in [0.25, 0.3) is 0 Å². The van der Waals surface area contributed by atoms with Crippen LogP contribution in [0.5, 0.6) is 0 Å². The third-order valence-electron chi connectivity index (χ3n) is 2.84. The Morgan fingerprint density at radius 1 is 1.58 bits per heavy atom. The van der Waals surface area contributed by atoms with Gasteiger partial charge in [0.1, 0.15) is 5.02 Å². The summed E-state index contributed by atoms with van der Waals surface area (Å²) in [7, 11) is 0. The van der Waals surface area contributed by atoms with Crippen molar-refractivity contribution < 1.29 is 0 Å². The maximum atomic E-state index is 12.0. The predicted octanol–water partition coefficient (Wildman–Crippen LogP) is 3.54. The van der Waals surface area contributed by atoms with E-state index in [-0.39, 0.29) is 16.6 Å². The van der Waals surface area contributed by atoms with Crippen molar-refractivity contribution in [1.29, 1.82) is 0 Å². The van der Waals surface area contributed by atoms with E-state index in [1.807, 2.05) is 25.3 Å². The van der Waals surface area contributed by atoms with E-state index in [0.29, 0.717) is 12.2 Å². The number of hydrogen-bond donors (Lipinski definition) is 1. The smallest absolute Gasteiger partial charge is 0.287 e. The molecule has 0 aromatic carbocycles. The minimum atomic E-state index is -0.244. The van der Waals surface area contributed by atoms with Gasteiger partial charge in [-0.2, -0.15) is 16.4 Å². The van der Waals surface area contributed by atoms with Crippen molar-refractivity contribution in [3.8, 4) is 0 Å². The number of aryl methyl sites for hydroxylation is 1. The molecule has 2 aromatic heterocycles. The van der Waals surface area contributed by atoms with Gasteiger partial charge in [0.25, 0.3) is 5.56 Å². The van der Waals surface area contributed by atoms with E-state index in [2.05, 4.69) is 15.8 Å². The number of thiophene rings is 1. The summed E-state index contributed by atoms with van der Waals surface area (Å²) in [5, 5.41) is 11.6. The van der Waals surface area contributed by atoms with Crippen molar-refractivity contribution in [2.75, 3.05) is 5.32 Å². The molecule has 0 saturated carbocycles.